The molecule has 2 aliphatic carbocycles. The zero-order valence-corrected chi connectivity index (χ0v) is 19.3. The monoisotopic (exact) mass is 484 g/mol. The second-order valence-corrected chi connectivity index (χ2v) is 9.79. The molecule has 204 valence electrons. The predicted molar refractivity (Wildman–Crippen MR) is 148 cm³/mol. The van der Waals surface area contributed by atoms with Crippen molar-refractivity contribution in [3.8, 4) is 0 Å². The minimum Gasteiger partial charge on any atom is -0.378 e. The van der Waals surface area contributed by atoms with Crippen LogP contribution in [0.15, 0.2) is 25.3 Å². The van der Waals surface area contributed by atoms with E-state index >= 15 is 0 Å². The van der Waals surface area contributed by atoms with Gasteiger partial charge >= 0.3 is 0 Å². The molecule has 8 unspecified atom stereocenters. The van der Waals surface area contributed by atoms with Crippen LogP contribution in [0.5, 0.6) is 0 Å². The first-order valence-corrected chi connectivity index (χ1v) is 12.3. The average Bonchev–Trinajstić information content (AvgIpc) is 3.69. The molecule has 2 saturated carbocycles. The van der Waals surface area contributed by atoms with Gasteiger partial charge in [0, 0.05) is 6.61 Å². The Kier molecular flexibility index (Phi) is 19.4. The number of allylic oxidation sites excluding steroid dienone is 2. The smallest absolute Gasteiger partial charge is 0.104 e. The van der Waals surface area contributed by atoms with Gasteiger partial charge in [-0.05, 0) is 61.2 Å². The van der Waals surface area contributed by atoms with Crippen LogP contribution in [0.4, 0.5) is 0 Å². The van der Waals surface area contributed by atoms with Crippen molar-refractivity contribution in [2.75, 3.05) is 39.6 Å². The van der Waals surface area contributed by atoms with Crippen molar-refractivity contribution in [3.63, 3.8) is 0 Å². The van der Waals surface area contributed by atoms with Crippen LogP contribution in [0.3, 0.4) is 0 Å². The van der Waals surface area contributed by atoms with Crippen molar-refractivity contribution >= 4 is 0 Å². The maximum Gasteiger partial charge on any atom is 0.104 e. The van der Waals surface area contributed by atoms with Gasteiger partial charge in [-0.25, -0.2) is 0 Å². The first kappa shape index (κ1) is 35.5. The molecule has 0 aromatic carbocycles. The molecular formula is C30H60O4. The summed E-state index contributed by atoms with van der Waals surface area (Å²) in [5, 5.41) is 0. The first-order valence-electron chi connectivity index (χ1n) is 12.3. The highest BCUT2D eigenvalue weighted by Gasteiger charge is 2.33. The first-order chi connectivity index (χ1) is 14.7. The molecule has 4 aliphatic rings. The Morgan fingerprint density at radius 2 is 1.21 bits per heavy atom. The van der Waals surface area contributed by atoms with Crippen molar-refractivity contribution in [1.29, 1.82) is 0 Å². The Bertz CT molecular complexity index is 514. The van der Waals surface area contributed by atoms with Crippen LogP contribution in [0.25, 0.3) is 0 Å². The maximum atomic E-state index is 5.74. The van der Waals surface area contributed by atoms with Crippen LogP contribution in [-0.2, 0) is 18.9 Å². The standard InChI is InChI=1S/C13H24O2.C13H20O2.4CH4/c2*1-3-10-5-11(4-2)12(6-10)7-14-8-13-9-15-13;;;;/h10-13H,3-9H2,1-2H3;3-4,10-13H,1-2,5-9H2;4*1H4. The van der Waals surface area contributed by atoms with Gasteiger partial charge in [0.2, 0.25) is 0 Å². The van der Waals surface area contributed by atoms with Gasteiger partial charge in [-0.2, -0.15) is 0 Å². The van der Waals surface area contributed by atoms with Crippen LogP contribution in [0.1, 0.15) is 82.1 Å². The van der Waals surface area contributed by atoms with E-state index in [9.17, 15) is 0 Å². The highest BCUT2D eigenvalue weighted by atomic mass is 16.6. The summed E-state index contributed by atoms with van der Waals surface area (Å²) >= 11 is 0. The van der Waals surface area contributed by atoms with E-state index in [1.54, 1.807) is 0 Å². The van der Waals surface area contributed by atoms with Crippen LogP contribution in [0, 0.1) is 35.5 Å². The minimum atomic E-state index is 0. The second kappa shape index (κ2) is 18.6. The minimum absolute atomic E-state index is 0. The Morgan fingerprint density at radius 1 is 0.676 bits per heavy atom. The largest absolute Gasteiger partial charge is 0.378 e. The van der Waals surface area contributed by atoms with Gasteiger partial charge in [0.1, 0.15) is 12.2 Å². The Balaban J connectivity index is 0. The van der Waals surface area contributed by atoms with E-state index in [4.69, 9.17) is 18.9 Å². The highest BCUT2D eigenvalue weighted by Crippen LogP contribution is 2.40. The number of ether oxygens (including phenoxy) is 4. The summed E-state index contributed by atoms with van der Waals surface area (Å²) in [5.41, 5.74) is 0. The van der Waals surface area contributed by atoms with Gasteiger partial charge in [0.25, 0.3) is 0 Å². The predicted octanol–water partition coefficient (Wildman–Crippen LogP) is 7.82. The summed E-state index contributed by atoms with van der Waals surface area (Å²) in [6.45, 7) is 17.6. The molecule has 4 fully saturated rings. The van der Waals surface area contributed by atoms with Crippen LogP contribution >= 0.6 is 0 Å². The lowest BCUT2D eigenvalue weighted by Gasteiger charge is -2.17. The Morgan fingerprint density at radius 3 is 1.65 bits per heavy atom. The van der Waals surface area contributed by atoms with E-state index in [0.29, 0.717) is 30.0 Å². The molecule has 34 heavy (non-hydrogen) atoms. The molecule has 2 heterocycles. The molecule has 0 aromatic heterocycles. The van der Waals surface area contributed by atoms with Gasteiger partial charge in [0.05, 0.1) is 33.0 Å². The molecule has 0 bridgehead atoms. The summed E-state index contributed by atoms with van der Waals surface area (Å²) in [4.78, 5) is 0. The molecule has 0 radical (unpaired) electrons. The number of hydrogen-bond donors (Lipinski definition) is 0. The lowest BCUT2D eigenvalue weighted by molar-refractivity contribution is 0.0729. The third-order valence-corrected chi connectivity index (χ3v) is 7.54. The fourth-order valence-electron chi connectivity index (χ4n) is 5.28. The van der Waals surface area contributed by atoms with Gasteiger partial charge < -0.3 is 18.9 Å². The fourth-order valence-corrected chi connectivity index (χ4v) is 5.28. The number of rotatable bonds is 12. The maximum absolute atomic E-state index is 5.74. The molecule has 0 amide bonds. The van der Waals surface area contributed by atoms with Crippen molar-refractivity contribution in [2.24, 2.45) is 35.5 Å². The molecular weight excluding hydrogens is 424 g/mol. The topological polar surface area (TPSA) is 43.5 Å². The molecule has 2 saturated heterocycles. The summed E-state index contributed by atoms with van der Waals surface area (Å²) in [6, 6.07) is 0. The molecule has 4 heteroatoms. The highest BCUT2D eigenvalue weighted by molar-refractivity contribution is 4.98. The molecule has 0 N–H and O–H groups in total. The molecule has 2 aliphatic heterocycles. The van der Waals surface area contributed by atoms with Gasteiger partial charge in [-0.3, -0.25) is 0 Å². The van der Waals surface area contributed by atoms with E-state index in [2.05, 4.69) is 39.2 Å². The van der Waals surface area contributed by atoms with Crippen LogP contribution in [0.2, 0.25) is 0 Å². The molecule has 4 nitrogen and oxygen atoms in total. The van der Waals surface area contributed by atoms with E-state index < -0.39 is 0 Å². The SMILES string of the molecule is C.C.C.C.C=CC1CC(C=C)C(COCC2CO2)C1.CCC1CC(CC)C(COCC2CO2)C1. The summed E-state index contributed by atoms with van der Waals surface area (Å²) < 4.78 is 21.7. The van der Waals surface area contributed by atoms with Crippen molar-refractivity contribution in [3.05, 3.63) is 25.3 Å². The third kappa shape index (κ3) is 11.8. The van der Waals surface area contributed by atoms with Crippen molar-refractivity contribution < 1.29 is 18.9 Å². The Labute approximate surface area is 213 Å². The number of epoxide rings is 2. The zero-order chi connectivity index (χ0) is 21.3. The lowest BCUT2D eigenvalue weighted by Crippen LogP contribution is -2.16. The molecule has 4 rings (SSSR count). The van der Waals surface area contributed by atoms with Gasteiger partial charge in [0.15, 0.2) is 0 Å². The summed E-state index contributed by atoms with van der Waals surface area (Å²) in [5.74, 6) is 4.57. The molecule has 0 aromatic rings. The van der Waals surface area contributed by atoms with E-state index in [0.717, 1.165) is 57.4 Å². The third-order valence-electron chi connectivity index (χ3n) is 7.54. The lowest BCUT2D eigenvalue weighted by atomic mass is 9.94. The quantitative estimate of drug-likeness (QED) is 0.209. The molecule has 8 atom stereocenters. The van der Waals surface area contributed by atoms with Crippen LogP contribution in [-0.4, -0.2) is 51.8 Å². The Hall–Kier alpha value is -0.680. The van der Waals surface area contributed by atoms with Crippen molar-refractivity contribution in [1.82, 2.24) is 0 Å². The zero-order valence-electron chi connectivity index (χ0n) is 19.3. The van der Waals surface area contributed by atoms with E-state index in [1.807, 2.05) is 0 Å². The molecule has 0 spiro atoms. The summed E-state index contributed by atoms with van der Waals surface area (Å²) in [6.07, 6.45) is 12.8. The normalized spacial score (nSPS) is 34.6. The fraction of sp³-hybridized carbons (Fsp3) is 0.867. The number of hydrogen-bond acceptors (Lipinski definition) is 4. The van der Waals surface area contributed by atoms with Gasteiger partial charge in [-0.1, -0.05) is 68.5 Å². The average molecular weight is 485 g/mol. The van der Waals surface area contributed by atoms with E-state index in [-0.39, 0.29) is 29.7 Å². The van der Waals surface area contributed by atoms with Crippen LogP contribution < -0.4 is 0 Å². The van der Waals surface area contributed by atoms with E-state index in [1.165, 1.54) is 38.5 Å². The van der Waals surface area contributed by atoms with Gasteiger partial charge in [-0.15, -0.1) is 13.2 Å². The summed E-state index contributed by atoms with van der Waals surface area (Å²) in [7, 11) is 0. The van der Waals surface area contributed by atoms with Crippen molar-refractivity contribution in [2.45, 2.75) is 94.3 Å². The second-order valence-electron chi connectivity index (χ2n) is 9.79.